The lowest BCUT2D eigenvalue weighted by atomic mass is 9.89. The lowest BCUT2D eigenvalue weighted by Crippen LogP contribution is -2.35. The van der Waals surface area contributed by atoms with Gasteiger partial charge in [-0.3, -0.25) is 9.89 Å². The molecule has 0 aromatic heterocycles. The highest BCUT2D eigenvalue weighted by atomic mass is 16.5. The summed E-state index contributed by atoms with van der Waals surface area (Å²) in [6.07, 6.45) is 3.61. The predicted molar refractivity (Wildman–Crippen MR) is 133 cm³/mol. The Kier molecular flexibility index (Phi) is 7.02. The molecular formula is C28H30N2O3. The van der Waals surface area contributed by atoms with Crippen LogP contribution in [0, 0.1) is 0 Å². The van der Waals surface area contributed by atoms with Crippen LogP contribution in [0.2, 0.25) is 0 Å². The van der Waals surface area contributed by atoms with Crippen molar-refractivity contribution in [3.63, 3.8) is 0 Å². The van der Waals surface area contributed by atoms with E-state index in [4.69, 9.17) is 4.74 Å². The molecule has 0 amide bonds. The summed E-state index contributed by atoms with van der Waals surface area (Å²) in [5.74, 6) is -0.991. The van der Waals surface area contributed by atoms with Crippen LogP contribution in [0.1, 0.15) is 25.0 Å². The SMILES string of the molecule is C=C1C=C(c2ccc(-c3ccccc3CN3CCOCC3)cc2)C=C(C(=O)O)/C1=N/C(C)C. The number of carboxylic acid groups (broad SMARTS) is 1. The van der Waals surface area contributed by atoms with Crippen LogP contribution < -0.4 is 0 Å². The molecule has 0 radical (unpaired) electrons. The number of carbonyl (C=O) groups is 1. The Hall–Kier alpha value is -3.28. The minimum atomic E-state index is -0.991. The molecule has 0 unspecified atom stereocenters. The molecule has 2 aromatic rings. The van der Waals surface area contributed by atoms with Crippen molar-refractivity contribution >= 4 is 17.3 Å². The van der Waals surface area contributed by atoms with Gasteiger partial charge in [0.15, 0.2) is 0 Å². The third kappa shape index (κ3) is 5.38. The minimum absolute atomic E-state index is 0.00809. The number of hydrogen-bond donors (Lipinski definition) is 1. The topological polar surface area (TPSA) is 62.1 Å². The van der Waals surface area contributed by atoms with E-state index >= 15 is 0 Å². The van der Waals surface area contributed by atoms with Crippen molar-refractivity contribution in [3.05, 3.63) is 89.5 Å². The number of allylic oxidation sites excluding steroid dienone is 4. The quantitative estimate of drug-likeness (QED) is 0.684. The number of morpholine rings is 1. The fourth-order valence-corrected chi connectivity index (χ4v) is 4.22. The average Bonchev–Trinajstić information content (AvgIpc) is 2.81. The zero-order valence-electron chi connectivity index (χ0n) is 19.3. The molecule has 33 heavy (non-hydrogen) atoms. The number of aliphatic carboxylic acids is 1. The molecule has 1 aliphatic carbocycles. The van der Waals surface area contributed by atoms with Gasteiger partial charge in [0.1, 0.15) is 0 Å². The Morgan fingerprint density at radius 3 is 2.39 bits per heavy atom. The van der Waals surface area contributed by atoms with Crippen LogP contribution in [0.25, 0.3) is 16.7 Å². The molecule has 1 heterocycles. The summed E-state index contributed by atoms with van der Waals surface area (Å²) in [5, 5.41) is 9.73. The lowest BCUT2D eigenvalue weighted by molar-refractivity contribution is -0.132. The normalized spacial score (nSPS) is 18.4. The van der Waals surface area contributed by atoms with E-state index in [-0.39, 0.29) is 11.6 Å². The Labute approximate surface area is 195 Å². The molecular weight excluding hydrogens is 412 g/mol. The van der Waals surface area contributed by atoms with Crippen molar-refractivity contribution in [1.29, 1.82) is 0 Å². The average molecular weight is 443 g/mol. The number of aliphatic imine (C=N–C) groups is 1. The monoisotopic (exact) mass is 442 g/mol. The summed E-state index contributed by atoms with van der Waals surface area (Å²) in [6.45, 7) is 12.3. The van der Waals surface area contributed by atoms with Crippen LogP contribution >= 0.6 is 0 Å². The third-order valence-corrected chi connectivity index (χ3v) is 5.85. The van der Waals surface area contributed by atoms with Gasteiger partial charge in [-0.15, -0.1) is 0 Å². The van der Waals surface area contributed by atoms with E-state index in [1.54, 1.807) is 6.08 Å². The lowest BCUT2D eigenvalue weighted by Gasteiger charge is -2.27. The highest BCUT2D eigenvalue weighted by Crippen LogP contribution is 2.30. The van der Waals surface area contributed by atoms with Crippen LogP contribution in [0.4, 0.5) is 0 Å². The van der Waals surface area contributed by atoms with Crippen LogP contribution in [-0.2, 0) is 16.1 Å². The maximum absolute atomic E-state index is 11.9. The Bertz CT molecular complexity index is 1130. The van der Waals surface area contributed by atoms with Crippen LogP contribution in [0.15, 0.2) is 83.4 Å². The van der Waals surface area contributed by atoms with E-state index in [0.29, 0.717) is 11.3 Å². The van der Waals surface area contributed by atoms with Gasteiger partial charge in [0.05, 0.1) is 24.5 Å². The standard InChI is InChI=1S/C28H30N2O3/c1-19(2)29-27-20(3)16-24(17-26(27)28(31)32)21-8-10-22(11-9-21)25-7-5-4-6-23(25)18-30-12-14-33-15-13-30/h4-11,16-17,19H,3,12-15,18H2,1-2H3,(H,31,32)/b29-27+. The maximum atomic E-state index is 11.9. The molecule has 0 saturated carbocycles. The van der Waals surface area contributed by atoms with E-state index in [2.05, 4.69) is 52.9 Å². The first kappa shape index (κ1) is 22.9. The molecule has 2 aliphatic rings. The number of nitrogens with zero attached hydrogens (tertiary/aromatic N) is 2. The third-order valence-electron chi connectivity index (χ3n) is 5.85. The molecule has 2 aromatic carbocycles. The molecule has 1 N–H and O–H groups in total. The molecule has 4 rings (SSSR count). The van der Waals surface area contributed by atoms with E-state index in [1.807, 2.05) is 32.1 Å². The summed E-state index contributed by atoms with van der Waals surface area (Å²) in [4.78, 5) is 18.8. The van der Waals surface area contributed by atoms with Crippen molar-refractivity contribution in [1.82, 2.24) is 4.90 Å². The molecule has 1 aliphatic heterocycles. The summed E-state index contributed by atoms with van der Waals surface area (Å²) in [7, 11) is 0. The molecule has 1 fully saturated rings. The van der Waals surface area contributed by atoms with Gasteiger partial charge in [0, 0.05) is 25.7 Å². The molecule has 1 saturated heterocycles. The second-order valence-corrected chi connectivity index (χ2v) is 8.68. The van der Waals surface area contributed by atoms with Gasteiger partial charge >= 0.3 is 5.97 Å². The van der Waals surface area contributed by atoms with Crippen LogP contribution in [-0.4, -0.2) is 54.0 Å². The summed E-state index contributed by atoms with van der Waals surface area (Å²) in [5.41, 5.74) is 6.69. The molecule has 5 heteroatoms. The van der Waals surface area contributed by atoms with Gasteiger partial charge in [-0.2, -0.15) is 0 Å². The largest absolute Gasteiger partial charge is 0.478 e. The van der Waals surface area contributed by atoms with Gasteiger partial charge in [-0.25, -0.2) is 4.79 Å². The van der Waals surface area contributed by atoms with E-state index in [0.717, 1.165) is 49.5 Å². The first-order chi connectivity index (χ1) is 15.9. The Morgan fingerprint density at radius 2 is 1.73 bits per heavy atom. The zero-order valence-corrected chi connectivity index (χ0v) is 19.3. The fourth-order valence-electron chi connectivity index (χ4n) is 4.22. The van der Waals surface area contributed by atoms with Crippen molar-refractivity contribution in [2.24, 2.45) is 4.99 Å². The van der Waals surface area contributed by atoms with Crippen molar-refractivity contribution in [2.45, 2.75) is 26.4 Å². The molecule has 0 bridgehead atoms. The van der Waals surface area contributed by atoms with Gasteiger partial charge in [-0.05, 0) is 59.4 Å². The Balaban J connectivity index is 1.61. The van der Waals surface area contributed by atoms with Gasteiger partial charge in [-0.1, -0.05) is 55.1 Å². The summed E-state index contributed by atoms with van der Waals surface area (Å²) in [6, 6.07) is 16.8. The highest BCUT2D eigenvalue weighted by molar-refractivity contribution is 6.30. The Morgan fingerprint density at radius 1 is 1.06 bits per heavy atom. The predicted octanol–water partition coefficient (Wildman–Crippen LogP) is 5.00. The van der Waals surface area contributed by atoms with Crippen molar-refractivity contribution in [2.75, 3.05) is 26.3 Å². The van der Waals surface area contributed by atoms with Crippen LogP contribution in [0.3, 0.4) is 0 Å². The summed E-state index contributed by atoms with van der Waals surface area (Å²) < 4.78 is 5.48. The number of carboxylic acids is 1. The molecule has 0 spiro atoms. The number of benzene rings is 2. The fraction of sp³-hybridized carbons (Fsp3) is 0.286. The molecule has 0 atom stereocenters. The second kappa shape index (κ2) is 10.1. The van der Waals surface area contributed by atoms with Gasteiger partial charge in [0.25, 0.3) is 0 Å². The number of rotatable bonds is 6. The number of ether oxygens (including phenoxy) is 1. The van der Waals surface area contributed by atoms with E-state index < -0.39 is 5.97 Å². The first-order valence-corrected chi connectivity index (χ1v) is 11.4. The number of hydrogen-bond acceptors (Lipinski definition) is 4. The van der Waals surface area contributed by atoms with Crippen molar-refractivity contribution in [3.8, 4) is 11.1 Å². The minimum Gasteiger partial charge on any atom is -0.478 e. The van der Waals surface area contributed by atoms with E-state index in [9.17, 15) is 9.90 Å². The highest BCUT2D eigenvalue weighted by Gasteiger charge is 2.22. The summed E-state index contributed by atoms with van der Waals surface area (Å²) >= 11 is 0. The van der Waals surface area contributed by atoms with Crippen molar-refractivity contribution < 1.29 is 14.6 Å². The van der Waals surface area contributed by atoms with E-state index in [1.165, 1.54) is 11.1 Å². The maximum Gasteiger partial charge on any atom is 0.337 e. The molecule has 5 nitrogen and oxygen atoms in total. The first-order valence-electron chi connectivity index (χ1n) is 11.4. The second-order valence-electron chi connectivity index (χ2n) is 8.68. The van der Waals surface area contributed by atoms with Crippen LogP contribution in [0.5, 0.6) is 0 Å². The zero-order chi connectivity index (χ0) is 23.4. The molecule has 170 valence electrons. The van der Waals surface area contributed by atoms with Gasteiger partial charge < -0.3 is 9.84 Å². The smallest absolute Gasteiger partial charge is 0.337 e. The van der Waals surface area contributed by atoms with Gasteiger partial charge in [0.2, 0.25) is 0 Å².